The lowest BCUT2D eigenvalue weighted by molar-refractivity contribution is -0.135. The van der Waals surface area contributed by atoms with Crippen LogP contribution in [0.4, 0.5) is 5.69 Å². The van der Waals surface area contributed by atoms with E-state index >= 15 is 0 Å². The van der Waals surface area contributed by atoms with Crippen molar-refractivity contribution < 1.29 is 23.9 Å². The summed E-state index contributed by atoms with van der Waals surface area (Å²) in [6.45, 7) is 1.81. The predicted molar refractivity (Wildman–Crippen MR) is 137 cm³/mol. The maximum atomic E-state index is 13.8. The van der Waals surface area contributed by atoms with Gasteiger partial charge in [0.15, 0.2) is 5.69 Å². The Hall–Kier alpha value is -3.20. The van der Waals surface area contributed by atoms with E-state index < -0.39 is 23.1 Å². The minimum atomic E-state index is -0.849. The zero-order valence-corrected chi connectivity index (χ0v) is 21.0. The Balaban J connectivity index is 2.09. The third-order valence-electron chi connectivity index (χ3n) is 5.34. The number of hydrogen-bond donors (Lipinski definition) is 1. The van der Waals surface area contributed by atoms with Crippen LogP contribution in [0.15, 0.2) is 48.5 Å². The first-order valence-corrected chi connectivity index (χ1v) is 12.1. The Labute approximate surface area is 215 Å². The first kappa shape index (κ1) is 24.9. The molecule has 0 spiro atoms. The summed E-state index contributed by atoms with van der Waals surface area (Å²) in [4.78, 5) is 39.8. The van der Waals surface area contributed by atoms with Gasteiger partial charge in [-0.05, 0) is 48.4 Å². The molecule has 4 rings (SSSR count). The maximum absolute atomic E-state index is 13.8. The highest BCUT2D eigenvalue weighted by Gasteiger charge is 2.38. The largest absolute Gasteiger partial charge is 0.464 e. The number of hydrogen-bond acceptors (Lipinski definition) is 7. The van der Waals surface area contributed by atoms with Crippen LogP contribution >= 0.6 is 35.0 Å². The second kappa shape index (κ2) is 10.2. The van der Waals surface area contributed by atoms with Crippen molar-refractivity contribution in [3.05, 3.63) is 86.0 Å². The Bertz CT molecular complexity index is 1450. The lowest BCUT2D eigenvalue weighted by Gasteiger charge is -2.23. The summed E-state index contributed by atoms with van der Waals surface area (Å²) in [6, 6.07) is 13.6. The normalized spacial score (nSPS) is 15.7. The average molecular weight is 531 g/mol. The quantitative estimate of drug-likeness (QED) is 0.500. The lowest BCUT2D eigenvalue weighted by Crippen LogP contribution is -2.42. The molecule has 2 aromatic carbocycles. The van der Waals surface area contributed by atoms with Crippen LogP contribution in [0.2, 0.25) is 10.0 Å². The van der Waals surface area contributed by atoms with Crippen LogP contribution in [-0.4, -0.2) is 36.1 Å². The minimum Gasteiger partial charge on any atom is -0.464 e. The third kappa shape index (κ3) is 4.69. The number of rotatable bonds is 5. The number of thioether (sulfide) groups is 1. The van der Waals surface area contributed by atoms with E-state index in [9.17, 15) is 14.4 Å². The van der Waals surface area contributed by atoms with Gasteiger partial charge < -0.3 is 15.2 Å². The highest BCUT2D eigenvalue weighted by molar-refractivity contribution is 8.10. The number of fused-ring (bicyclic) bond motifs is 1. The lowest BCUT2D eigenvalue weighted by atomic mass is 10.1. The van der Waals surface area contributed by atoms with E-state index in [4.69, 9.17) is 38.4 Å². The van der Waals surface area contributed by atoms with E-state index in [0.29, 0.717) is 26.4 Å². The number of carbonyl (C=O) groups is 3. The molecule has 1 aromatic heterocycles. The molecule has 10 heteroatoms. The second-order valence-corrected chi connectivity index (χ2v) is 9.47. The number of nitrogen functional groups attached to an aromatic ring is 1. The molecule has 1 aliphatic rings. The molecule has 2 heterocycles. The summed E-state index contributed by atoms with van der Waals surface area (Å²) in [7, 11) is 1.19. The van der Waals surface area contributed by atoms with Gasteiger partial charge in [-0.2, -0.15) is 0 Å². The molecule has 0 aliphatic carbocycles. The first-order valence-electron chi connectivity index (χ1n) is 10.5. The van der Waals surface area contributed by atoms with Crippen molar-refractivity contribution in [3.63, 3.8) is 0 Å². The standard InChI is InChI=1S/C25H20Cl2N2O5S/c1-3-34-25(32)22-19-17(12-13-4-8-15(26)9-5-13)18(28)20(24(31)33-2)29(19)23(30)21(35-22)14-6-10-16(27)11-7-14/h4-12,21H,3,28H2,1-2H3/b17-12+/t21-/m0/s1. The fraction of sp³-hybridized carbons (Fsp3) is 0.160. The summed E-state index contributed by atoms with van der Waals surface area (Å²) in [5, 5.41) is 0.692. The molecule has 0 radical (unpaired) electrons. The van der Waals surface area contributed by atoms with Gasteiger partial charge in [0.25, 0.3) is 0 Å². The summed E-state index contributed by atoms with van der Waals surface area (Å²) >= 11 is 13.1. The zero-order valence-electron chi connectivity index (χ0n) is 18.7. The highest BCUT2D eigenvalue weighted by atomic mass is 35.5. The van der Waals surface area contributed by atoms with Gasteiger partial charge >= 0.3 is 11.9 Å². The fourth-order valence-electron chi connectivity index (χ4n) is 3.75. The Kier molecular flexibility index (Phi) is 7.25. The molecule has 35 heavy (non-hydrogen) atoms. The smallest absolute Gasteiger partial charge is 0.357 e. The van der Waals surface area contributed by atoms with E-state index in [2.05, 4.69) is 0 Å². The second-order valence-electron chi connectivity index (χ2n) is 7.48. The molecular weight excluding hydrogens is 511 g/mol. The predicted octanol–water partition coefficient (Wildman–Crippen LogP) is 3.79. The van der Waals surface area contributed by atoms with E-state index in [-0.39, 0.29) is 28.2 Å². The molecule has 2 N–H and O–H groups in total. The molecule has 3 aromatic rings. The van der Waals surface area contributed by atoms with Crippen LogP contribution in [0.3, 0.4) is 0 Å². The number of anilines is 1. The number of halogens is 2. The number of nitrogens with zero attached hydrogens (tertiary/aromatic N) is 1. The highest BCUT2D eigenvalue weighted by Crippen LogP contribution is 2.40. The minimum absolute atomic E-state index is 0.00862. The SMILES string of the molecule is CCOC(=O)C1=c2/c(=C/c3ccc(Cl)cc3)c(N)c(C(=O)OC)n2C(=O)[C@H](c2ccc(Cl)cc2)S1. The van der Waals surface area contributed by atoms with Crippen molar-refractivity contribution in [1.29, 1.82) is 0 Å². The maximum Gasteiger partial charge on any atom is 0.357 e. The van der Waals surface area contributed by atoms with Gasteiger partial charge in [0.05, 0.1) is 24.8 Å². The Morgan fingerprint density at radius 1 is 1.06 bits per heavy atom. The van der Waals surface area contributed by atoms with Crippen LogP contribution < -0.4 is 16.3 Å². The van der Waals surface area contributed by atoms with Crippen molar-refractivity contribution in [2.45, 2.75) is 12.2 Å². The Morgan fingerprint density at radius 2 is 1.66 bits per heavy atom. The van der Waals surface area contributed by atoms with E-state index in [0.717, 1.165) is 16.3 Å². The van der Waals surface area contributed by atoms with Crippen molar-refractivity contribution in [1.82, 2.24) is 4.57 Å². The molecule has 0 amide bonds. The van der Waals surface area contributed by atoms with E-state index in [1.807, 2.05) is 0 Å². The monoisotopic (exact) mass is 530 g/mol. The van der Waals surface area contributed by atoms with Crippen molar-refractivity contribution >= 4 is 69.5 Å². The molecule has 1 aliphatic heterocycles. The zero-order chi connectivity index (χ0) is 25.3. The molecule has 0 unspecified atom stereocenters. The molecule has 7 nitrogen and oxygen atoms in total. The number of aromatic nitrogens is 1. The summed E-state index contributed by atoms with van der Waals surface area (Å²) < 4.78 is 11.4. The molecule has 0 fully saturated rings. The van der Waals surface area contributed by atoms with Crippen molar-refractivity contribution in [3.8, 4) is 0 Å². The van der Waals surface area contributed by atoms with Gasteiger partial charge in [-0.15, -0.1) is 0 Å². The Morgan fingerprint density at radius 3 is 2.23 bits per heavy atom. The summed E-state index contributed by atoms with van der Waals surface area (Å²) in [6.07, 6.45) is 1.68. The molecule has 0 saturated heterocycles. The van der Waals surface area contributed by atoms with Crippen LogP contribution in [-0.2, 0) is 14.3 Å². The molecule has 0 saturated carbocycles. The van der Waals surface area contributed by atoms with Crippen molar-refractivity contribution in [2.75, 3.05) is 19.5 Å². The van der Waals surface area contributed by atoms with Crippen LogP contribution in [0, 0.1) is 0 Å². The van der Waals surface area contributed by atoms with E-state index in [1.165, 1.54) is 7.11 Å². The fourth-order valence-corrected chi connectivity index (χ4v) is 5.21. The number of methoxy groups -OCH3 is 1. The summed E-state index contributed by atoms with van der Waals surface area (Å²) in [5.74, 6) is -1.90. The molecule has 1 atom stereocenters. The number of ether oxygens (including phenoxy) is 2. The van der Waals surface area contributed by atoms with Gasteiger partial charge in [-0.25, -0.2) is 9.59 Å². The number of benzene rings is 2. The molecule has 0 bridgehead atoms. The molecular formula is C25H20Cl2N2O5S. The third-order valence-corrected chi connectivity index (χ3v) is 7.15. The van der Waals surface area contributed by atoms with Crippen LogP contribution in [0.25, 0.3) is 11.0 Å². The average Bonchev–Trinajstić information content (AvgIpc) is 3.13. The van der Waals surface area contributed by atoms with Gasteiger partial charge in [-0.3, -0.25) is 9.36 Å². The topological polar surface area (TPSA) is 101 Å². The first-order chi connectivity index (χ1) is 16.8. The van der Waals surface area contributed by atoms with Crippen molar-refractivity contribution in [2.24, 2.45) is 0 Å². The number of esters is 2. The van der Waals surface area contributed by atoms with Gasteiger partial charge in [-0.1, -0.05) is 59.2 Å². The summed E-state index contributed by atoms with van der Waals surface area (Å²) in [5.41, 5.74) is 7.57. The van der Waals surface area contributed by atoms with Gasteiger partial charge in [0.2, 0.25) is 5.91 Å². The van der Waals surface area contributed by atoms with Crippen LogP contribution in [0.1, 0.15) is 38.6 Å². The van der Waals surface area contributed by atoms with E-state index in [1.54, 1.807) is 61.5 Å². The van der Waals surface area contributed by atoms with Crippen LogP contribution in [0.5, 0.6) is 0 Å². The van der Waals surface area contributed by atoms with Gasteiger partial charge in [0.1, 0.15) is 10.2 Å². The number of carbonyl (C=O) groups excluding carboxylic acids is 3. The number of nitrogens with two attached hydrogens (primary N) is 1. The van der Waals surface area contributed by atoms with Gasteiger partial charge in [0, 0.05) is 15.3 Å². The molecule has 180 valence electrons.